The number of epoxide rings is 8. The highest BCUT2D eigenvalue weighted by atomic mass is 31.2. The second kappa shape index (κ2) is 45.4. The van der Waals surface area contributed by atoms with E-state index < -0.39 is 7.82 Å². The fourth-order valence-electron chi connectivity index (χ4n) is 2.87. The van der Waals surface area contributed by atoms with Crippen molar-refractivity contribution >= 4 is 13.8 Å². The molecule has 8 heterocycles. The summed E-state index contributed by atoms with van der Waals surface area (Å²) in [6.07, 6.45) is 21.0. The Morgan fingerprint density at radius 2 is 0.608 bits per heavy atom. The monoisotopic (exact) mass is 762 g/mol. The van der Waals surface area contributed by atoms with Crippen molar-refractivity contribution in [1.82, 2.24) is 0 Å². The third-order valence-corrected chi connectivity index (χ3v) is 5.92. The van der Waals surface area contributed by atoms with E-state index in [1.807, 2.05) is 6.92 Å². The number of phosphoric acid groups is 1. The first-order chi connectivity index (χ1) is 24.8. The zero-order chi connectivity index (χ0) is 37.8. The Morgan fingerprint density at radius 3 is 0.765 bits per heavy atom. The molecule has 0 atom stereocenters. The maximum Gasteiger partial charge on any atom is 0.466 e. The highest BCUT2D eigenvalue weighted by Gasteiger charge is 2.01. The van der Waals surface area contributed by atoms with E-state index in [1.54, 1.807) is 0 Å². The molecular weight excluding hydrogens is 687 g/mol. The van der Waals surface area contributed by atoms with Crippen LogP contribution in [0, 0.1) is 0 Å². The van der Waals surface area contributed by atoms with Gasteiger partial charge in [0.25, 0.3) is 0 Å². The van der Waals surface area contributed by atoms with E-state index in [1.165, 1.54) is 89.9 Å². The molecule has 3 N–H and O–H groups in total. The van der Waals surface area contributed by atoms with Crippen LogP contribution in [0.25, 0.3) is 0 Å². The summed E-state index contributed by atoms with van der Waals surface area (Å²) >= 11 is 0. The lowest BCUT2D eigenvalue weighted by Crippen LogP contribution is -2.03. The number of carbonyl (C=O) groups is 1. The van der Waals surface area contributed by atoms with Crippen LogP contribution in [0.1, 0.15) is 117 Å². The van der Waals surface area contributed by atoms with Crippen molar-refractivity contribution in [2.45, 2.75) is 117 Å². The molecule has 0 amide bonds. The molecule has 0 saturated carbocycles. The van der Waals surface area contributed by atoms with Crippen LogP contribution in [0.4, 0.5) is 0 Å². The minimum atomic E-state index is -4.64. The van der Waals surface area contributed by atoms with Crippen molar-refractivity contribution in [3.8, 4) is 0 Å². The van der Waals surface area contributed by atoms with E-state index in [0.29, 0.717) is 13.0 Å². The van der Waals surface area contributed by atoms with Gasteiger partial charge in [-0.1, -0.05) is 96.8 Å². The van der Waals surface area contributed by atoms with Crippen LogP contribution < -0.4 is 0 Å². The Hall–Kier alpha value is -0.740. The molecule has 0 aromatic heterocycles. The van der Waals surface area contributed by atoms with Gasteiger partial charge >= 0.3 is 13.8 Å². The second-order valence-electron chi connectivity index (χ2n) is 11.9. The molecule has 0 aromatic rings. The topological polar surface area (TPSA) is 204 Å². The zero-order valence-corrected chi connectivity index (χ0v) is 33.0. The van der Waals surface area contributed by atoms with Crippen LogP contribution >= 0.6 is 7.82 Å². The minimum absolute atomic E-state index is 0.0304. The van der Waals surface area contributed by atoms with E-state index in [4.69, 9.17) is 24.0 Å². The van der Waals surface area contributed by atoms with Gasteiger partial charge in [-0.05, 0) is 13.3 Å². The summed E-state index contributed by atoms with van der Waals surface area (Å²) in [6, 6.07) is 0. The molecule has 8 saturated heterocycles. The van der Waals surface area contributed by atoms with Crippen molar-refractivity contribution in [2.75, 3.05) is 112 Å². The number of hydrogen-bond acceptors (Lipinski definition) is 11. The predicted molar refractivity (Wildman–Crippen MR) is 197 cm³/mol. The fraction of sp³-hybridized carbons (Fsp3) is 0.972. The molecule has 0 aliphatic carbocycles. The molecule has 14 nitrogen and oxygen atoms in total. The van der Waals surface area contributed by atoms with Gasteiger partial charge in [-0.25, -0.2) is 4.57 Å². The number of unbranched alkanes of at least 4 members (excludes halogenated alkanes) is 14. The Bertz CT molecular complexity index is 595. The van der Waals surface area contributed by atoms with Crippen LogP contribution in [0.5, 0.6) is 0 Å². The van der Waals surface area contributed by atoms with Gasteiger partial charge in [-0.15, -0.1) is 0 Å². The summed E-state index contributed by atoms with van der Waals surface area (Å²) in [7, 11) is -4.64. The van der Waals surface area contributed by atoms with Crippen LogP contribution in [-0.4, -0.2) is 133 Å². The number of esters is 1. The summed E-state index contributed by atoms with van der Waals surface area (Å²) in [5.41, 5.74) is 0. The maximum atomic E-state index is 11.2. The van der Waals surface area contributed by atoms with Gasteiger partial charge in [-0.2, -0.15) is 0 Å². The zero-order valence-electron chi connectivity index (χ0n) is 32.1. The Kier molecular flexibility index (Phi) is 46.6. The number of ether oxygens (including phenoxy) is 9. The number of carbonyl (C=O) groups excluding carboxylic acids is 1. The van der Waals surface area contributed by atoms with Gasteiger partial charge < -0.3 is 57.3 Å². The third-order valence-electron chi connectivity index (χ3n) is 5.92. The molecule has 8 aliphatic rings. The van der Waals surface area contributed by atoms with Gasteiger partial charge in [0.1, 0.15) is 0 Å². The summed E-state index contributed by atoms with van der Waals surface area (Å²) in [5, 5.41) is 0. The molecule has 8 fully saturated rings. The van der Waals surface area contributed by atoms with Gasteiger partial charge in [0.15, 0.2) is 0 Å². The highest BCUT2D eigenvalue weighted by Crippen LogP contribution is 2.25. The van der Waals surface area contributed by atoms with E-state index in [9.17, 15) is 4.79 Å². The largest absolute Gasteiger partial charge is 0.466 e. The van der Waals surface area contributed by atoms with Crippen molar-refractivity contribution in [2.24, 2.45) is 0 Å². The van der Waals surface area contributed by atoms with Crippen molar-refractivity contribution < 1.29 is 66.7 Å². The van der Waals surface area contributed by atoms with E-state index in [2.05, 4.69) is 44.8 Å². The fourth-order valence-corrected chi connectivity index (χ4v) is 2.87. The highest BCUT2D eigenvalue weighted by molar-refractivity contribution is 7.45. The molecule has 0 unspecified atom stereocenters. The molecule has 8 rings (SSSR count). The maximum absolute atomic E-state index is 11.2. The number of rotatable bonds is 17. The second-order valence-corrected chi connectivity index (χ2v) is 12.9. The Morgan fingerprint density at radius 1 is 0.431 bits per heavy atom. The Labute approximate surface area is 309 Å². The minimum Gasteiger partial charge on any atom is -0.466 e. The van der Waals surface area contributed by atoms with E-state index >= 15 is 0 Å². The molecule has 15 heteroatoms. The first-order valence-corrected chi connectivity index (χ1v) is 20.9. The average Bonchev–Trinajstić information content (AvgIpc) is 3.91. The first kappa shape index (κ1) is 52.4. The van der Waals surface area contributed by atoms with Crippen molar-refractivity contribution in [3.05, 3.63) is 0 Å². The van der Waals surface area contributed by atoms with Gasteiger partial charge in [0.2, 0.25) is 0 Å². The van der Waals surface area contributed by atoms with Crippen molar-refractivity contribution in [1.29, 1.82) is 0 Å². The lowest BCUT2D eigenvalue weighted by Gasteiger charge is -2.03. The summed E-state index contributed by atoms with van der Waals surface area (Å²) in [6.45, 7) is 20.7. The smallest absolute Gasteiger partial charge is 0.466 e. The van der Waals surface area contributed by atoms with E-state index in [0.717, 1.165) is 112 Å². The van der Waals surface area contributed by atoms with Gasteiger partial charge in [0.05, 0.1) is 112 Å². The normalized spacial score (nSPS) is 17.1. The molecular formula is C36H75O14P. The van der Waals surface area contributed by atoms with Crippen LogP contribution in [0.15, 0.2) is 0 Å². The van der Waals surface area contributed by atoms with Crippen molar-refractivity contribution in [3.63, 3.8) is 0 Å². The lowest BCUT2D eigenvalue weighted by molar-refractivity contribution is -0.143. The van der Waals surface area contributed by atoms with Crippen LogP contribution in [0.2, 0.25) is 0 Å². The molecule has 51 heavy (non-hydrogen) atoms. The number of hydrogen-bond donors (Lipinski definition) is 3. The molecule has 0 aromatic carbocycles. The molecule has 0 radical (unpaired) electrons. The lowest BCUT2D eigenvalue weighted by atomic mass is 10.0. The first-order valence-electron chi connectivity index (χ1n) is 19.4. The summed E-state index contributed by atoms with van der Waals surface area (Å²) < 4.78 is 49.8. The van der Waals surface area contributed by atoms with Gasteiger partial charge in [-0.3, -0.25) is 4.79 Å². The summed E-state index contributed by atoms with van der Waals surface area (Å²) in [5.74, 6) is -0.0304. The predicted octanol–water partition coefficient (Wildman–Crippen LogP) is 6.02. The molecule has 0 spiro atoms. The standard InChI is InChI=1S/C20H40O2.8C2H4O.H3O4P/c1-3-5-6-7-8-9-10-11-12-13-14-15-16-17-18-19-20(21)22-4-2;8*1-2-3-1;1-5(2,3)4/h3-19H2,1-2H3;8*1-2H2;(H3,1,2,3,4). The Balaban J connectivity index is 0. The molecule has 8 aliphatic heterocycles. The van der Waals surface area contributed by atoms with E-state index in [-0.39, 0.29) is 5.97 Å². The quantitative estimate of drug-likeness (QED) is 0.0672. The summed E-state index contributed by atoms with van der Waals surface area (Å²) in [4.78, 5) is 32.7. The molecule has 308 valence electrons. The van der Waals surface area contributed by atoms with Crippen LogP contribution in [-0.2, 0) is 52.0 Å². The third kappa shape index (κ3) is 148. The SMILES string of the molecule is C1CO1.C1CO1.C1CO1.C1CO1.C1CO1.C1CO1.C1CO1.C1CO1.CCCCCCCCCCCCCCCCCC(=O)OCC.O=P(O)(O)O. The van der Waals surface area contributed by atoms with Gasteiger partial charge in [0, 0.05) is 6.42 Å². The average molecular weight is 763 g/mol. The van der Waals surface area contributed by atoms with Crippen LogP contribution in [0.3, 0.4) is 0 Å². The molecule has 0 bridgehead atoms.